The summed E-state index contributed by atoms with van der Waals surface area (Å²) in [6.45, 7) is 0.472. The number of rotatable bonds is 7. The van der Waals surface area contributed by atoms with Crippen LogP contribution in [0.2, 0.25) is 0 Å². The lowest BCUT2D eigenvalue weighted by Gasteiger charge is -2.14. The number of pyridine rings is 1. The van der Waals surface area contributed by atoms with E-state index in [0.717, 1.165) is 17.0 Å². The van der Waals surface area contributed by atoms with Gasteiger partial charge in [-0.2, -0.15) is 5.26 Å². The molecule has 1 aromatic carbocycles. The Hall–Kier alpha value is -4.16. The van der Waals surface area contributed by atoms with Crippen LogP contribution in [0.25, 0.3) is 22.6 Å². The first-order valence-corrected chi connectivity index (χ1v) is 10.7. The highest BCUT2D eigenvalue weighted by molar-refractivity contribution is 5.68. The maximum atomic E-state index is 9.17. The Balaban J connectivity index is 1.39. The fourth-order valence-corrected chi connectivity index (χ4v) is 3.85. The number of benzene rings is 1. The molecule has 2 N–H and O–H groups in total. The third-order valence-electron chi connectivity index (χ3n) is 5.58. The topological polar surface area (TPSA) is 128 Å². The van der Waals surface area contributed by atoms with Gasteiger partial charge in [-0.3, -0.25) is 4.98 Å². The minimum absolute atomic E-state index is 0.0400. The number of hydrogen-bond acceptors (Lipinski definition) is 8. The summed E-state index contributed by atoms with van der Waals surface area (Å²) in [5.74, 6) is 0.682. The molecule has 0 saturated heterocycles. The lowest BCUT2D eigenvalue weighted by molar-refractivity contribution is 0.0809. The van der Waals surface area contributed by atoms with E-state index in [9.17, 15) is 5.26 Å². The van der Waals surface area contributed by atoms with Gasteiger partial charge in [0.2, 0.25) is 5.95 Å². The number of hydrogen-bond donors (Lipinski definition) is 1. The normalized spacial score (nSPS) is 14.1. The van der Waals surface area contributed by atoms with Crippen molar-refractivity contribution < 1.29 is 4.74 Å². The number of nitrogens with zero attached hydrogens (tertiary/aromatic N) is 7. The van der Waals surface area contributed by atoms with Crippen molar-refractivity contribution in [2.24, 2.45) is 5.92 Å². The first kappa shape index (κ1) is 20.7. The van der Waals surface area contributed by atoms with Gasteiger partial charge in [0.1, 0.15) is 11.8 Å². The molecule has 1 fully saturated rings. The van der Waals surface area contributed by atoms with E-state index in [1.165, 1.54) is 12.8 Å². The molecular weight excluding hydrogens is 416 g/mol. The van der Waals surface area contributed by atoms with Crippen molar-refractivity contribution in [2.45, 2.75) is 25.5 Å². The Kier molecular flexibility index (Phi) is 5.50. The highest BCUT2D eigenvalue weighted by Crippen LogP contribution is 2.42. The zero-order valence-electron chi connectivity index (χ0n) is 18.1. The van der Waals surface area contributed by atoms with Crippen molar-refractivity contribution in [3.63, 3.8) is 0 Å². The van der Waals surface area contributed by atoms with Gasteiger partial charge < -0.3 is 10.5 Å². The minimum Gasteiger partial charge on any atom is -0.375 e. The van der Waals surface area contributed by atoms with E-state index in [1.54, 1.807) is 42.3 Å². The molecule has 0 bridgehead atoms. The average Bonchev–Trinajstić information content (AvgIpc) is 3.56. The van der Waals surface area contributed by atoms with Crippen molar-refractivity contribution in [3.8, 4) is 28.7 Å². The molecule has 1 aliphatic carbocycles. The van der Waals surface area contributed by atoms with Crippen LogP contribution in [0.5, 0.6) is 0 Å². The number of nitrogens with two attached hydrogens (primary N) is 1. The van der Waals surface area contributed by atoms with Gasteiger partial charge in [0.15, 0.2) is 0 Å². The van der Waals surface area contributed by atoms with Gasteiger partial charge in [0.25, 0.3) is 0 Å². The molecule has 9 heteroatoms. The molecule has 1 saturated carbocycles. The SMILES string of the molecule is COC(c1cccc(Cn2cc(-c3cc(-c4cccc(C#N)c4)nc(N)n3)nn2)n1)C1CC1. The van der Waals surface area contributed by atoms with Crippen LogP contribution >= 0.6 is 0 Å². The highest BCUT2D eigenvalue weighted by Gasteiger charge is 2.33. The van der Waals surface area contributed by atoms with Gasteiger partial charge in [-0.05, 0) is 49.1 Å². The molecule has 0 aliphatic heterocycles. The first-order valence-electron chi connectivity index (χ1n) is 10.7. The standard InChI is InChI=1S/C24H22N8O/c1-33-23(16-8-9-16)19-7-3-6-18(27-19)13-32-14-22(30-31-32)21-11-20(28-24(26)29-21)17-5-2-4-15(10-17)12-25/h2-7,10-11,14,16,23H,8-9,13H2,1H3,(H2,26,28,29). The molecular formula is C24H22N8O. The predicted octanol–water partition coefficient (Wildman–Crippen LogP) is 3.40. The number of anilines is 1. The van der Waals surface area contributed by atoms with Crippen LogP contribution in [-0.4, -0.2) is 37.1 Å². The number of methoxy groups -OCH3 is 1. The fraction of sp³-hybridized carbons (Fsp3) is 0.250. The lowest BCUT2D eigenvalue weighted by Crippen LogP contribution is -2.09. The van der Waals surface area contributed by atoms with Gasteiger partial charge in [-0.1, -0.05) is 23.4 Å². The summed E-state index contributed by atoms with van der Waals surface area (Å²) in [5.41, 5.74) is 10.9. The molecule has 1 unspecified atom stereocenters. The second-order valence-electron chi connectivity index (χ2n) is 8.04. The first-order chi connectivity index (χ1) is 16.1. The van der Waals surface area contributed by atoms with Crippen molar-refractivity contribution in [1.29, 1.82) is 5.26 Å². The largest absolute Gasteiger partial charge is 0.375 e. The number of ether oxygens (including phenoxy) is 1. The molecule has 3 aromatic heterocycles. The second-order valence-corrected chi connectivity index (χ2v) is 8.04. The third-order valence-corrected chi connectivity index (χ3v) is 5.58. The van der Waals surface area contributed by atoms with E-state index < -0.39 is 0 Å². The maximum absolute atomic E-state index is 9.17. The molecule has 0 spiro atoms. The molecule has 5 rings (SSSR count). The Morgan fingerprint density at radius 2 is 1.91 bits per heavy atom. The molecule has 3 heterocycles. The van der Waals surface area contributed by atoms with E-state index in [-0.39, 0.29) is 12.1 Å². The molecule has 0 amide bonds. The quantitative estimate of drug-likeness (QED) is 0.465. The molecule has 164 valence electrons. The lowest BCUT2D eigenvalue weighted by atomic mass is 10.1. The molecule has 0 radical (unpaired) electrons. The number of nitriles is 1. The number of aromatic nitrogens is 6. The summed E-state index contributed by atoms with van der Waals surface area (Å²) in [6, 6.07) is 17.1. The Labute approximate surface area is 190 Å². The molecule has 4 aromatic rings. The van der Waals surface area contributed by atoms with Crippen LogP contribution in [0.4, 0.5) is 5.95 Å². The third kappa shape index (κ3) is 4.56. The van der Waals surface area contributed by atoms with E-state index in [2.05, 4.69) is 26.3 Å². The van der Waals surface area contributed by atoms with Crippen LogP contribution in [0.3, 0.4) is 0 Å². The van der Waals surface area contributed by atoms with Crippen molar-refractivity contribution in [2.75, 3.05) is 12.8 Å². The summed E-state index contributed by atoms with van der Waals surface area (Å²) in [4.78, 5) is 13.4. The fourth-order valence-electron chi connectivity index (χ4n) is 3.85. The Morgan fingerprint density at radius 1 is 1.09 bits per heavy atom. The molecule has 1 atom stereocenters. The van der Waals surface area contributed by atoms with Gasteiger partial charge in [-0.25, -0.2) is 14.6 Å². The molecule has 33 heavy (non-hydrogen) atoms. The molecule has 9 nitrogen and oxygen atoms in total. The van der Waals surface area contributed by atoms with Crippen LogP contribution in [0.15, 0.2) is 54.7 Å². The summed E-state index contributed by atoms with van der Waals surface area (Å²) >= 11 is 0. The highest BCUT2D eigenvalue weighted by atomic mass is 16.5. The van der Waals surface area contributed by atoms with Gasteiger partial charge >= 0.3 is 0 Å². The zero-order valence-corrected chi connectivity index (χ0v) is 18.1. The second kappa shape index (κ2) is 8.76. The van der Waals surface area contributed by atoms with Crippen molar-refractivity contribution in [3.05, 3.63) is 71.7 Å². The van der Waals surface area contributed by atoms with Crippen LogP contribution in [0.1, 0.15) is 35.9 Å². The van der Waals surface area contributed by atoms with Crippen molar-refractivity contribution >= 4 is 5.95 Å². The van der Waals surface area contributed by atoms with E-state index >= 15 is 0 Å². The van der Waals surface area contributed by atoms with Gasteiger partial charge in [-0.15, -0.1) is 5.10 Å². The van der Waals surface area contributed by atoms with Gasteiger partial charge in [0, 0.05) is 12.7 Å². The van der Waals surface area contributed by atoms with E-state index in [0.29, 0.717) is 35.1 Å². The summed E-state index contributed by atoms with van der Waals surface area (Å²) in [7, 11) is 1.74. The van der Waals surface area contributed by atoms with Crippen LogP contribution in [0, 0.1) is 17.2 Å². The summed E-state index contributed by atoms with van der Waals surface area (Å²) in [5, 5.41) is 17.7. The van der Waals surface area contributed by atoms with Gasteiger partial charge in [0.05, 0.1) is 47.1 Å². The van der Waals surface area contributed by atoms with E-state index in [4.69, 9.17) is 15.5 Å². The Bertz CT molecular complexity index is 1340. The zero-order chi connectivity index (χ0) is 22.8. The predicted molar refractivity (Wildman–Crippen MR) is 121 cm³/mol. The maximum Gasteiger partial charge on any atom is 0.221 e. The summed E-state index contributed by atoms with van der Waals surface area (Å²) in [6.07, 6.45) is 4.21. The Morgan fingerprint density at radius 3 is 2.70 bits per heavy atom. The van der Waals surface area contributed by atoms with Crippen molar-refractivity contribution in [1.82, 2.24) is 29.9 Å². The minimum atomic E-state index is 0.0400. The van der Waals surface area contributed by atoms with E-state index in [1.807, 2.05) is 24.3 Å². The average molecular weight is 438 g/mol. The monoisotopic (exact) mass is 438 g/mol. The molecule has 1 aliphatic rings. The van der Waals surface area contributed by atoms with Crippen LogP contribution < -0.4 is 5.73 Å². The smallest absolute Gasteiger partial charge is 0.221 e. The number of nitrogen functional groups attached to an aromatic ring is 1. The van der Waals surface area contributed by atoms with Crippen LogP contribution in [-0.2, 0) is 11.3 Å². The summed E-state index contributed by atoms with van der Waals surface area (Å²) < 4.78 is 7.38.